The molecule has 0 saturated heterocycles. The maximum absolute atomic E-state index is 11.4. The number of thioether (sulfide) groups is 1. The summed E-state index contributed by atoms with van der Waals surface area (Å²) in [5, 5.41) is 20.0. The highest BCUT2D eigenvalue weighted by Gasteiger charge is 2.14. The number of halogens is 1. The predicted molar refractivity (Wildman–Crippen MR) is 110 cm³/mol. The molecule has 8 heteroatoms. The zero-order valence-corrected chi connectivity index (χ0v) is 17.1. The second kappa shape index (κ2) is 9.23. The molecule has 2 aromatic carbocycles. The summed E-state index contributed by atoms with van der Waals surface area (Å²) >= 11 is 7.32. The number of ketones is 1. The molecule has 1 aromatic heterocycles. The Labute approximate surface area is 172 Å². The van der Waals surface area contributed by atoms with Crippen LogP contribution in [0.1, 0.15) is 17.3 Å². The zero-order valence-electron chi connectivity index (χ0n) is 15.5. The van der Waals surface area contributed by atoms with E-state index in [-0.39, 0.29) is 12.4 Å². The van der Waals surface area contributed by atoms with E-state index in [1.54, 1.807) is 36.4 Å². The lowest BCUT2D eigenvalue weighted by atomic mass is 10.1. The van der Waals surface area contributed by atoms with Crippen LogP contribution in [0.4, 0.5) is 0 Å². The van der Waals surface area contributed by atoms with Gasteiger partial charge in [0.2, 0.25) is 0 Å². The molecule has 146 valence electrons. The molecule has 1 N–H and O–H groups in total. The van der Waals surface area contributed by atoms with Crippen molar-refractivity contribution in [2.75, 3.05) is 12.4 Å². The highest BCUT2D eigenvalue weighted by Crippen LogP contribution is 2.24. The van der Waals surface area contributed by atoms with Crippen molar-refractivity contribution in [3.8, 4) is 17.1 Å². The maximum atomic E-state index is 11.4. The molecule has 0 aliphatic heterocycles. The molecule has 0 amide bonds. The van der Waals surface area contributed by atoms with E-state index in [0.29, 0.717) is 27.2 Å². The van der Waals surface area contributed by atoms with E-state index in [9.17, 15) is 9.90 Å². The van der Waals surface area contributed by atoms with Gasteiger partial charge in [-0.25, -0.2) is 0 Å². The minimum atomic E-state index is -0.693. The van der Waals surface area contributed by atoms with Crippen LogP contribution in [0.3, 0.4) is 0 Å². The standard InChI is InChI=1S/C20H20ClN3O3S/c1-13(25)15-4-3-5-18(10-15)27-11-17(26)12-28-20-23-22-19(24(20)2)14-6-8-16(21)9-7-14/h3-10,17,26H,11-12H2,1-2H3/t17-/m0/s1. The van der Waals surface area contributed by atoms with Crippen molar-refractivity contribution >= 4 is 29.1 Å². The number of carbonyl (C=O) groups excluding carboxylic acids is 1. The quantitative estimate of drug-likeness (QED) is 0.443. The number of aromatic nitrogens is 3. The topological polar surface area (TPSA) is 77.2 Å². The van der Waals surface area contributed by atoms with Crippen LogP contribution < -0.4 is 4.74 Å². The largest absolute Gasteiger partial charge is 0.491 e. The van der Waals surface area contributed by atoms with Crippen LogP contribution >= 0.6 is 23.4 Å². The average Bonchev–Trinajstić information content (AvgIpc) is 3.06. The third kappa shape index (κ3) is 5.13. The van der Waals surface area contributed by atoms with Gasteiger partial charge in [0.05, 0.1) is 6.10 Å². The minimum absolute atomic E-state index is 0.0275. The average molecular weight is 418 g/mol. The van der Waals surface area contributed by atoms with Crippen LogP contribution in [-0.2, 0) is 7.05 Å². The highest BCUT2D eigenvalue weighted by molar-refractivity contribution is 7.99. The van der Waals surface area contributed by atoms with Crippen LogP contribution in [0.15, 0.2) is 53.7 Å². The lowest BCUT2D eigenvalue weighted by Crippen LogP contribution is -2.20. The second-order valence-corrected chi connectivity index (χ2v) is 7.66. The van der Waals surface area contributed by atoms with Crippen molar-refractivity contribution in [1.29, 1.82) is 0 Å². The Balaban J connectivity index is 1.55. The summed E-state index contributed by atoms with van der Waals surface area (Å²) in [6.07, 6.45) is -0.693. The van der Waals surface area contributed by atoms with E-state index < -0.39 is 6.10 Å². The maximum Gasteiger partial charge on any atom is 0.191 e. The Morgan fingerprint density at radius 3 is 2.71 bits per heavy atom. The van der Waals surface area contributed by atoms with Gasteiger partial charge >= 0.3 is 0 Å². The van der Waals surface area contributed by atoms with Crippen molar-refractivity contribution in [3.63, 3.8) is 0 Å². The van der Waals surface area contributed by atoms with Crippen LogP contribution in [-0.4, -0.2) is 44.1 Å². The van der Waals surface area contributed by atoms with Gasteiger partial charge in [0, 0.05) is 29.0 Å². The smallest absolute Gasteiger partial charge is 0.191 e. The van der Waals surface area contributed by atoms with Gasteiger partial charge in [-0.3, -0.25) is 4.79 Å². The number of aliphatic hydroxyl groups excluding tert-OH is 1. The van der Waals surface area contributed by atoms with Gasteiger partial charge in [0.25, 0.3) is 0 Å². The van der Waals surface area contributed by atoms with Crippen LogP contribution in [0.25, 0.3) is 11.4 Å². The molecule has 0 fully saturated rings. The van der Waals surface area contributed by atoms with Gasteiger partial charge in [-0.05, 0) is 43.3 Å². The Hall–Kier alpha value is -2.35. The summed E-state index contributed by atoms with van der Waals surface area (Å²) < 4.78 is 7.46. The number of aliphatic hydroxyl groups is 1. The summed E-state index contributed by atoms with van der Waals surface area (Å²) in [6, 6.07) is 14.3. The number of Topliss-reactive ketones (excluding diaryl/α,β-unsaturated/α-hetero) is 1. The van der Waals surface area contributed by atoms with Gasteiger partial charge in [-0.2, -0.15) is 0 Å². The zero-order chi connectivity index (χ0) is 20.1. The number of hydrogen-bond acceptors (Lipinski definition) is 6. The Bertz CT molecular complexity index is 960. The predicted octanol–water partition coefficient (Wildman–Crippen LogP) is 3.87. The van der Waals surface area contributed by atoms with Crippen LogP contribution in [0, 0.1) is 0 Å². The molecule has 0 aliphatic carbocycles. The third-order valence-electron chi connectivity index (χ3n) is 4.03. The van der Waals surface area contributed by atoms with Crippen molar-refractivity contribution < 1.29 is 14.6 Å². The van der Waals surface area contributed by atoms with E-state index >= 15 is 0 Å². The van der Waals surface area contributed by atoms with E-state index in [4.69, 9.17) is 16.3 Å². The molecule has 3 rings (SSSR count). The number of hydrogen-bond donors (Lipinski definition) is 1. The second-order valence-electron chi connectivity index (χ2n) is 6.23. The Morgan fingerprint density at radius 2 is 2.00 bits per heavy atom. The summed E-state index contributed by atoms with van der Waals surface area (Å²) in [5.41, 5.74) is 1.50. The fourth-order valence-electron chi connectivity index (χ4n) is 2.51. The van der Waals surface area contributed by atoms with E-state index in [2.05, 4.69) is 10.2 Å². The first-order chi connectivity index (χ1) is 13.4. The van der Waals surface area contributed by atoms with Gasteiger partial charge < -0.3 is 14.4 Å². The molecule has 28 heavy (non-hydrogen) atoms. The number of nitrogens with zero attached hydrogens (tertiary/aromatic N) is 3. The van der Waals surface area contributed by atoms with Crippen molar-refractivity contribution in [2.24, 2.45) is 7.05 Å². The first-order valence-electron chi connectivity index (χ1n) is 8.64. The molecule has 0 unspecified atom stereocenters. The lowest BCUT2D eigenvalue weighted by molar-refractivity contribution is 0.101. The first-order valence-corrected chi connectivity index (χ1v) is 10.0. The number of ether oxygens (including phenoxy) is 1. The molecule has 0 bridgehead atoms. The lowest BCUT2D eigenvalue weighted by Gasteiger charge is -2.12. The SMILES string of the molecule is CC(=O)c1cccc(OC[C@H](O)CSc2nnc(-c3ccc(Cl)cc3)n2C)c1. The van der Waals surface area contributed by atoms with Crippen molar-refractivity contribution in [1.82, 2.24) is 14.8 Å². The first kappa shape index (κ1) is 20.4. The number of benzene rings is 2. The molecule has 0 radical (unpaired) electrons. The monoisotopic (exact) mass is 417 g/mol. The molecule has 0 spiro atoms. The minimum Gasteiger partial charge on any atom is -0.491 e. The number of carbonyl (C=O) groups is 1. The molecule has 3 aromatic rings. The summed E-state index contributed by atoms with van der Waals surface area (Å²) in [7, 11) is 1.88. The summed E-state index contributed by atoms with van der Waals surface area (Å²) in [6.45, 7) is 1.63. The molecule has 1 atom stereocenters. The molecule has 0 aliphatic rings. The van der Waals surface area contributed by atoms with Crippen molar-refractivity contribution in [3.05, 3.63) is 59.1 Å². The normalized spacial score (nSPS) is 12.0. The molecule has 0 saturated carbocycles. The summed E-state index contributed by atoms with van der Waals surface area (Å²) in [4.78, 5) is 11.4. The molecular formula is C20H20ClN3O3S. The van der Waals surface area contributed by atoms with E-state index in [1.165, 1.54) is 18.7 Å². The third-order valence-corrected chi connectivity index (χ3v) is 5.44. The fourth-order valence-corrected chi connectivity index (χ4v) is 3.45. The molecule has 1 heterocycles. The fraction of sp³-hybridized carbons (Fsp3) is 0.250. The van der Waals surface area contributed by atoms with Crippen molar-refractivity contribution in [2.45, 2.75) is 18.2 Å². The van der Waals surface area contributed by atoms with E-state index in [1.807, 2.05) is 23.7 Å². The Kier molecular flexibility index (Phi) is 6.72. The Morgan fingerprint density at radius 1 is 1.25 bits per heavy atom. The molecular weight excluding hydrogens is 398 g/mol. The van der Waals surface area contributed by atoms with Gasteiger partial charge in [-0.1, -0.05) is 35.5 Å². The van der Waals surface area contributed by atoms with Crippen LogP contribution in [0.5, 0.6) is 5.75 Å². The molecule has 6 nitrogen and oxygen atoms in total. The number of rotatable bonds is 8. The van der Waals surface area contributed by atoms with Crippen LogP contribution in [0.2, 0.25) is 5.02 Å². The summed E-state index contributed by atoms with van der Waals surface area (Å²) in [5.74, 6) is 1.66. The van der Waals surface area contributed by atoms with Gasteiger partial charge in [0.1, 0.15) is 12.4 Å². The van der Waals surface area contributed by atoms with Gasteiger partial charge in [0.15, 0.2) is 16.8 Å². The van der Waals surface area contributed by atoms with Gasteiger partial charge in [-0.15, -0.1) is 10.2 Å². The van der Waals surface area contributed by atoms with E-state index in [0.717, 1.165) is 11.4 Å². The highest BCUT2D eigenvalue weighted by atomic mass is 35.5.